The number of thiophene rings is 1. The molecule has 1 heterocycles. The molecule has 0 aliphatic heterocycles. The van der Waals surface area contributed by atoms with Gasteiger partial charge < -0.3 is 5.11 Å². The number of carbonyl (C=O) groups is 2. The molecule has 0 aliphatic carbocycles. The van der Waals surface area contributed by atoms with Crippen LogP contribution in [0.4, 0.5) is 4.39 Å². The van der Waals surface area contributed by atoms with Crippen molar-refractivity contribution in [1.82, 2.24) is 0 Å². The van der Waals surface area contributed by atoms with Crippen molar-refractivity contribution in [2.75, 3.05) is 0 Å². The number of hydrogen-bond acceptors (Lipinski definition) is 3. The smallest absolute Gasteiger partial charge is 0.307 e. The summed E-state index contributed by atoms with van der Waals surface area (Å²) in [6, 6.07) is 16.9. The molecule has 25 heavy (non-hydrogen) atoms. The van der Waals surface area contributed by atoms with Crippen LogP contribution < -0.4 is 0 Å². The highest BCUT2D eigenvalue weighted by Gasteiger charge is 2.18. The van der Waals surface area contributed by atoms with Crippen molar-refractivity contribution in [2.45, 2.75) is 12.8 Å². The lowest BCUT2D eigenvalue weighted by molar-refractivity contribution is -0.136. The quantitative estimate of drug-likeness (QED) is 0.658. The minimum atomic E-state index is -0.937. The van der Waals surface area contributed by atoms with Crippen molar-refractivity contribution in [3.05, 3.63) is 82.5 Å². The standard InChI is InChI=1S/C20H15FO3S/c21-16-8-6-13(7-9-16)10-17(22)18-11-15(12-19(23)24)20(25-18)14-4-2-1-3-5-14/h1-9,11H,10,12H2,(H,23,24). The van der Waals surface area contributed by atoms with E-state index in [1.165, 1.54) is 23.5 Å². The first-order valence-electron chi connectivity index (χ1n) is 7.70. The number of ketones is 1. The van der Waals surface area contributed by atoms with Crippen LogP contribution in [0.15, 0.2) is 60.7 Å². The molecule has 0 radical (unpaired) electrons. The van der Waals surface area contributed by atoms with Gasteiger partial charge in [0.2, 0.25) is 0 Å². The summed E-state index contributed by atoms with van der Waals surface area (Å²) in [4.78, 5) is 25.0. The largest absolute Gasteiger partial charge is 0.481 e. The molecule has 1 N–H and O–H groups in total. The molecule has 0 atom stereocenters. The van der Waals surface area contributed by atoms with Gasteiger partial charge in [0.25, 0.3) is 0 Å². The molecule has 0 fully saturated rings. The van der Waals surface area contributed by atoms with Crippen LogP contribution in [0.3, 0.4) is 0 Å². The number of aliphatic carboxylic acids is 1. The second kappa shape index (κ2) is 7.40. The molecule has 2 aromatic carbocycles. The van der Waals surface area contributed by atoms with E-state index in [1.807, 2.05) is 30.3 Å². The summed E-state index contributed by atoms with van der Waals surface area (Å²) < 4.78 is 13.0. The molecule has 3 aromatic rings. The summed E-state index contributed by atoms with van der Waals surface area (Å²) in [5, 5.41) is 9.13. The molecule has 0 amide bonds. The lowest BCUT2D eigenvalue weighted by Gasteiger charge is -2.01. The monoisotopic (exact) mass is 354 g/mol. The lowest BCUT2D eigenvalue weighted by Crippen LogP contribution is -2.02. The van der Waals surface area contributed by atoms with Crippen LogP contribution >= 0.6 is 11.3 Å². The Morgan fingerprint density at radius 2 is 1.64 bits per heavy atom. The van der Waals surface area contributed by atoms with E-state index in [9.17, 15) is 14.0 Å². The number of carboxylic acid groups (broad SMARTS) is 1. The van der Waals surface area contributed by atoms with E-state index >= 15 is 0 Å². The van der Waals surface area contributed by atoms with Crippen molar-refractivity contribution >= 4 is 23.1 Å². The van der Waals surface area contributed by atoms with E-state index in [-0.39, 0.29) is 24.4 Å². The number of hydrogen-bond donors (Lipinski definition) is 1. The van der Waals surface area contributed by atoms with E-state index in [0.717, 1.165) is 16.0 Å². The van der Waals surface area contributed by atoms with E-state index in [0.29, 0.717) is 10.4 Å². The summed E-state index contributed by atoms with van der Waals surface area (Å²) in [7, 11) is 0. The summed E-state index contributed by atoms with van der Waals surface area (Å²) >= 11 is 1.30. The average Bonchev–Trinajstić information content (AvgIpc) is 3.01. The molecule has 0 unspecified atom stereocenters. The first kappa shape index (κ1) is 17.0. The van der Waals surface area contributed by atoms with Crippen LogP contribution in [-0.2, 0) is 17.6 Å². The summed E-state index contributed by atoms with van der Waals surface area (Å²) in [5.41, 5.74) is 2.25. The average molecular weight is 354 g/mol. The SMILES string of the molecule is O=C(O)Cc1cc(C(=O)Cc2ccc(F)cc2)sc1-c1ccccc1. The third-order valence-electron chi connectivity index (χ3n) is 3.74. The van der Waals surface area contributed by atoms with Crippen molar-refractivity contribution < 1.29 is 19.1 Å². The highest BCUT2D eigenvalue weighted by molar-refractivity contribution is 7.17. The van der Waals surface area contributed by atoms with Crippen LogP contribution in [-0.4, -0.2) is 16.9 Å². The van der Waals surface area contributed by atoms with Crippen LogP contribution in [0.5, 0.6) is 0 Å². The van der Waals surface area contributed by atoms with Gasteiger partial charge in [0, 0.05) is 11.3 Å². The number of carbonyl (C=O) groups excluding carboxylic acids is 1. The van der Waals surface area contributed by atoms with E-state index in [4.69, 9.17) is 5.11 Å². The zero-order valence-electron chi connectivity index (χ0n) is 13.2. The van der Waals surface area contributed by atoms with Gasteiger partial charge in [-0.3, -0.25) is 9.59 Å². The lowest BCUT2D eigenvalue weighted by atomic mass is 10.0. The first-order chi connectivity index (χ1) is 12.0. The number of rotatable bonds is 6. The van der Waals surface area contributed by atoms with E-state index in [1.54, 1.807) is 18.2 Å². The predicted molar refractivity (Wildman–Crippen MR) is 95.5 cm³/mol. The van der Waals surface area contributed by atoms with Crippen molar-refractivity contribution in [1.29, 1.82) is 0 Å². The van der Waals surface area contributed by atoms with Crippen molar-refractivity contribution in [2.24, 2.45) is 0 Å². The zero-order valence-corrected chi connectivity index (χ0v) is 14.1. The van der Waals surface area contributed by atoms with Gasteiger partial charge in [-0.25, -0.2) is 4.39 Å². The van der Waals surface area contributed by atoms with Crippen LogP contribution in [0.2, 0.25) is 0 Å². The van der Waals surface area contributed by atoms with Gasteiger partial charge in [-0.15, -0.1) is 11.3 Å². The Morgan fingerprint density at radius 3 is 2.28 bits per heavy atom. The molecule has 3 nitrogen and oxygen atoms in total. The Hall–Kier alpha value is -2.79. The maximum atomic E-state index is 13.0. The van der Waals surface area contributed by atoms with E-state index < -0.39 is 5.97 Å². The molecular weight excluding hydrogens is 339 g/mol. The van der Waals surface area contributed by atoms with Gasteiger partial charge in [-0.2, -0.15) is 0 Å². The minimum absolute atomic E-state index is 0.106. The Labute approximate surface area is 148 Å². The number of halogens is 1. The molecule has 126 valence electrons. The van der Waals surface area contributed by atoms with Gasteiger partial charge in [-0.1, -0.05) is 42.5 Å². The van der Waals surface area contributed by atoms with Crippen molar-refractivity contribution in [3.63, 3.8) is 0 Å². The Balaban J connectivity index is 1.91. The van der Waals surface area contributed by atoms with Gasteiger partial charge >= 0.3 is 5.97 Å². The van der Waals surface area contributed by atoms with Crippen LogP contribution in [0.25, 0.3) is 10.4 Å². The molecule has 0 saturated carbocycles. The van der Waals surface area contributed by atoms with Gasteiger partial charge in [0.15, 0.2) is 5.78 Å². The van der Waals surface area contributed by atoms with Gasteiger partial charge in [-0.05, 0) is 34.9 Å². The fourth-order valence-electron chi connectivity index (χ4n) is 2.57. The number of Topliss-reactive ketones (excluding diaryl/α,β-unsaturated/α-hetero) is 1. The molecule has 1 aromatic heterocycles. The van der Waals surface area contributed by atoms with E-state index in [2.05, 4.69) is 0 Å². The molecule has 5 heteroatoms. The second-order valence-electron chi connectivity index (χ2n) is 5.63. The third-order valence-corrected chi connectivity index (χ3v) is 5.01. The summed E-state index contributed by atoms with van der Waals surface area (Å²) in [6.07, 6.45) is 0.0199. The maximum Gasteiger partial charge on any atom is 0.307 e. The second-order valence-corrected chi connectivity index (χ2v) is 6.68. The normalized spacial score (nSPS) is 10.6. The Morgan fingerprint density at radius 1 is 0.960 bits per heavy atom. The highest BCUT2D eigenvalue weighted by Crippen LogP contribution is 2.34. The third kappa shape index (κ3) is 4.19. The molecule has 0 bridgehead atoms. The fourth-order valence-corrected chi connectivity index (χ4v) is 3.69. The minimum Gasteiger partial charge on any atom is -0.481 e. The summed E-state index contributed by atoms with van der Waals surface area (Å²) in [5.74, 6) is -1.39. The highest BCUT2D eigenvalue weighted by atomic mass is 32.1. The molecule has 0 saturated heterocycles. The number of benzene rings is 2. The summed E-state index contributed by atoms with van der Waals surface area (Å²) in [6.45, 7) is 0. The molecule has 0 spiro atoms. The molecular formula is C20H15FO3S. The van der Waals surface area contributed by atoms with Gasteiger partial charge in [0.1, 0.15) is 5.82 Å². The van der Waals surface area contributed by atoms with Crippen LogP contribution in [0, 0.1) is 5.82 Å². The zero-order chi connectivity index (χ0) is 17.8. The Kier molecular flexibility index (Phi) is 5.05. The topological polar surface area (TPSA) is 54.4 Å². The molecule has 0 aliphatic rings. The van der Waals surface area contributed by atoms with Crippen LogP contribution in [0.1, 0.15) is 20.8 Å². The van der Waals surface area contributed by atoms with Crippen molar-refractivity contribution in [3.8, 4) is 10.4 Å². The number of carboxylic acids is 1. The molecule has 3 rings (SSSR count). The van der Waals surface area contributed by atoms with Gasteiger partial charge in [0.05, 0.1) is 11.3 Å². The first-order valence-corrected chi connectivity index (χ1v) is 8.52. The Bertz CT molecular complexity index is 898. The fraction of sp³-hybridized carbons (Fsp3) is 0.100. The predicted octanol–water partition coefficient (Wildman–Crippen LogP) is 4.61. The maximum absolute atomic E-state index is 13.0.